The molecular weight excluding hydrogens is 256 g/mol. The number of hydrogen-bond donors (Lipinski definition) is 1. The van der Waals surface area contributed by atoms with Crippen molar-refractivity contribution in [3.63, 3.8) is 0 Å². The molecule has 0 saturated heterocycles. The Morgan fingerprint density at radius 1 is 1.56 bits per heavy atom. The van der Waals surface area contributed by atoms with Crippen molar-refractivity contribution in [2.45, 2.75) is 30.9 Å². The Morgan fingerprint density at radius 2 is 2.33 bits per heavy atom. The number of rotatable bonds is 4. The summed E-state index contributed by atoms with van der Waals surface area (Å²) in [5, 5.41) is 13.2. The van der Waals surface area contributed by atoms with Crippen LogP contribution in [0.3, 0.4) is 0 Å². The van der Waals surface area contributed by atoms with Crippen LogP contribution in [-0.2, 0) is 16.5 Å². The predicted molar refractivity (Wildman–Crippen MR) is 62.4 cm³/mol. The number of aromatic amines is 1. The summed E-state index contributed by atoms with van der Waals surface area (Å²) in [6.07, 6.45) is 5.53. The van der Waals surface area contributed by atoms with E-state index in [-0.39, 0.29) is 19.3 Å². The van der Waals surface area contributed by atoms with Crippen LogP contribution in [0.1, 0.15) is 25.6 Å². The molecule has 7 nitrogen and oxygen atoms in total. The average Bonchev–Trinajstić information content (AvgIpc) is 2.80. The maximum absolute atomic E-state index is 11.5. The van der Waals surface area contributed by atoms with E-state index in [2.05, 4.69) is 20.6 Å². The van der Waals surface area contributed by atoms with Crippen LogP contribution in [0.4, 0.5) is 0 Å². The normalized spacial score (nSPS) is 24.0. The van der Waals surface area contributed by atoms with Crippen molar-refractivity contribution < 1.29 is 13.0 Å². The topological polar surface area (TPSA) is 112 Å². The highest BCUT2D eigenvalue weighted by Crippen LogP contribution is 2.32. The minimum absolute atomic E-state index is 0.151. The van der Waals surface area contributed by atoms with E-state index in [4.69, 9.17) is 0 Å². The molecule has 0 radical (unpaired) electrons. The lowest BCUT2D eigenvalue weighted by Gasteiger charge is -2.34. The van der Waals surface area contributed by atoms with Crippen LogP contribution in [0.5, 0.6) is 0 Å². The first-order valence-electron chi connectivity index (χ1n) is 5.47. The van der Waals surface area contributed by atoms with Gasteiger partial charge in [0.25, 0.3) is 0 Å². The number of aryl methyl sites for hydroxylation is 1. The first kappa shape index (κ1) is 12.9. The number of aromatic nitrogens is 4. The Hall–Kier alpha value is -1.54. The van der Waals surface area contributed by atoms with E-state index in [1.165, 1.54) is 6.08 Å². The largest absolute Gasteiger partial charge is 0.747 e. The summed E-state index contributed by atoms with van der Waals surface area (Å²) >= 11 is 0. The number of allylic oxidation sites excluding steroid dienone is 3. The van der Waals surface area contributed by atoms with Gasteiger partial charge in [-0.25, -0.2) is 8.42 Å². The molecule has 1 unspecified atom stereocenters. The molecule has 1 heterocycles. The number of nitrogens with zero attached hydrogens (tertiary/aromatic N) is 3. The minimum Gasteiger partial charge on any atom is -0.747 e. The Balaban J connectivity index is 2.20. The average molecular weight is 269 g/mol. The van der Waals surface area contributed by atoms with Crippen LogP contribution in [0.25, 0.3) is 0 Å². The predicted octanol–water partition coefficient (Wildman–Crippen LogP) is 0.323. The van der Waals surface area contributed by atoms with Crippen LogP contribution < -0.4 is 0 Å². The van der Waals surface area contributed by atoms with Gasteiger partial charge in [-0.05, 0) is 19.8 Å². The van der Waals surface area contributed by atoms with E-state index in [9.17, 15) is 13.0 Å². The Bertz CT molecular complexity index is 576. The van der Waals surface area contributed by atoms with Crippen molar-refractivity contribution >= 4 is 10.1 Å². The van der Waals surface area contributed by atoms with Gasteiger partial charge in [0.05, 0.1) is 4.75 Å². The Kier molecular flexibility index (Phi) is 3.31. The Morgan fingerprint density at radius 3 is 2.83 bits per heavy atom. The Labute approximate surface area is 105 Å². The van der Waals surface area contributed by atoms with Gasteiger partial charge in [0, 0.05) is 6.42 Å². The third-order valence-corrected chi connectivity index (χ3v) is 4.58. The zero-order valence-corrected chi connectivity index (χ0v) is 10.6. The zero-order valence-electron chi connectivity index (χ0n) is 9.83. The molecule has 18 heavy (non-hydrogen) atoms. The van der Waals surface area contributed by atoms with E-state index in [0.717, 1.165) is 5.57 Å². The maximum atomic E-state index is 11.5. The van der Waals surface area contributed by atoms with Gasteiger partial charge in [0.1, 0.15) is 10.1 Å². The third-order valence-electron chi connectivity index (χ3n) is 3.08. The molecule has 0 spiro atoms. The molecule has 1 atom stereocenters. The van der Waals surface area contributed by atoms with E-state index in [0.29, 0.717) is 5.82 Å². The molecule has 0 amide bonds. The molecule has 1 aliphatic rings. The minimum atomic E-state index is -4.43. The van der Waals surface area contributed by atoms with Crippen LogP contribution in [0, 0.1) is 0 Å². The van der Waals surface area contributed by atoms with E-state index in [1.54, 1.807) is 12.2 Å². The molecule has 0 aliphatic heterocycles. The van der Waals surface area contributed by atoms with Crippen molar-refractivity contribution in [3.8, 4) is 0 Å². The third kappa shape index (κ3) is 2.49. The van der Waals surface area contributed by atoms with Crippen molar-refractivity contribution in [2.24, 2.45) is 0 Å². The van der Waals surface area contributed by atoms with Crippen molar-refractivity contribution in [1.82, 2.24) is 20.6 Å². The summed E-state index contributed by atoms with van der Waals surface area (Å²) in [7, 11) is -4.43. The lowest BCUT2D eigenvalue weighted by molar-refractivity contribution is 0.418. The van der Waals surface area contributed by atoms with Crippen molar-refractivity contribution in [1.29, 1.82) is 0 Å². The second-order valence-electron chi connectivity index (χ2n) is 4.33. The highest BCUT2D eigenvalue weighted by Gasteiger charge is 2.35. The fourth-order valence-electron chi connectivity index (χ4n) is 1.86. The molecule has 2 rings (SSSR count). The smallest absolute Gasteiger partial charge is 0.174 e. The van der Waals surface area contributed by atoms with Gasteiger partial charge in [-0.1, -0.05) is 29.0 Å². The molecule has 0 bridgehead atoms. The van der Waals surface area contributed by atoms with E-state index < -0.39 is 14.9 Å². The standard InChI is InChI=1S/C10H14N4O3S/c1-8-2-5-10(6-3-8,18(15,16)17)7-4-9-11-13-14-12-9/h2-3,5H,4,6-7H2,1H3,(H,15,16,17)(H,11,12,13,14)/p-1. The van der Waals surface area contributed by atoms with Gasteiger partial charge in [0.2, 0.25) is 0 Å². The zero-order chi connectivity index (χ0) is 13.2. The first-order chi connectivity index (χ1) is 8.43. The maximum Gasteiger partial charge on any atom is 0.174 e. The van der Waals surface area contributed by atoms with Crippen molar-refractivity contribution in [2.75, 3.05) is 0 Å². The lowest BCUT2D eigenvalue weighted by atomic mass is 9.92. The lowest BCUT2D eigenvalue weighted by Crippen LogP contribution is -2.37. The van der Waals surface area contributed by atoms with E-state index in [1.807, 2.05) is 6.92 Å². The molecule has 0 aromatic carbocycles. The SMILES string of the molecule is CC1=CCC(CCc2nn[nH]n2)(S(=O)(=O)[O-])C=C1. The van der Waals surface area contributed by atoms with Gasteiger partial charge in [-0.3, -0.25) is 0 Å². The molecule has 0 fully saturated rings. The number of tetrazole rings is 1. The van der Waals surface area contributed by atoms with Gasteiger partial charge in [-0.2, -0.15) is 5.21 Å². The molecule has 1 aliphatic carbocycles. The fraction of sp³-hybridized carbons (Fsp3) is 0.500. The first-order valence-corrected chi connectivity index (χ1v) is 6.88. The summed E-state index contributed by atoms with van der Waals surface area (Å²) in [6.45, 7) is 1.86. The van der Waals surface area contributed by atoms with Gasteiger partial charge in [-0.15, -0.1) is 10.2 Å². The van der Waals surface area contributed by atoms with Crippen LogP contribution >= 0.6 is 0 Å². The van der Waals surface area contributed by atoms with Gasteiger partial charge in [0.15, 0.2) is 5.82 Å². The van der Waals surface area contributed by atoms with Crippen molar-refractivity contribution in [3.05, 3.63) is 29.6 Å². The highest BCUT2D eigenvalue weighted by atomic mass is 32.2. The molecule has 1 aromatic heterocycles. The van der Waals surface area contributed by atoms with Crippen LogP contribution in [-0.4, -0.2) is 38.3 Å². The second kappa shape index (κ2) is 4.62. The quantitative estimate of drug-likeness (QED) is 0.788. The fourth-order valence-corrected chi connectivity index (χ4v) is 2.73. The van der Waals surface area contributed by atoms with E-state index >= 15 is 0 Å². The number of nitrogens with one attached hydrogen (secondary N) is 1. The summed E-state index contributed by atoms with van der Waals surface area (Å²) in [6, 6.07) is 0. The number of H-pyrrole nitrogens is 1. The van der Waals surface area contributed by atoms with Crippen LogP contribution in [0.15, 0.2) is 23.8 Å². The molecule has 98 valence electrons. The summed E-state index contributed by atoms with van der Waals surface area (Å²) in [5.41, 5.74) is 0.953. The van der Waals surface area contributed by atoms with Gasteiger partial charge < -0.3 is 4.55 Å². The summed E-state index contributed by atoms with van der Waals surface area (Å²) in [4.78, 5) is 0. The molecule has 8 heteroatoms. The summed E-state index contributed by atoms with van der Waals surface area (Å²) < 4.78 is 33.0. The molecule has 1 N–H and O–H groups in total. The highest BCUT2D eigenvalue weighted by molar-refractivity contribution is 7.87. The second-order valence-corrected chi connectivity index (χ2v) is 6.05. The van der Waals surface area contributed by atoms with Gasteiger partial charge >= 0.3 is 0 Å². The molecule has 1 aromatic rings. The summed E-state index contributed by atoms with van der Waals surface area (Å²) in [5.74, 6) is 0.401. The number of hydrogen-bond acceptors (Lipinski definition) is 6. The molecule has 0 saturated carbocycles. The monoisotopic (exact) mass is 269 g/mol. The van der Waals surface area contributed by atoms with Crippen LogP contribution in [0.2, 0.25) is 0 Å². The molecular formula is C10H13N4O3S-.